The fraction of sp³-hybridized carbons (Fsp3) is 0.938. The van der Waals surface area contributed by atoms with Crippen molar-refractivity contribution < 1.29 is 14.2 Å². The molecule has 4 heteroatoms. The van der Waals surface area contributed by atoms with Crippen LogP contribution < -0.4 is 0 Å². The van der Waals surface area contributed by atoms with Crippen LogP contribution in [-0.4, -0.2) is 26.1 Å². The van der Waals surface area contributed by atoms with Gasteiger partial charge in [0.15, 0.2) is 0 Å². The lowest BCUT2D eigenvalue weighted by atomic mass is 9.36. The molecule has 4 atom stereocenters. The molecule has 20 heavy (non-hydrogen) atoms. The zero-order chi connectivity index (χ0) is 14.9. The molecule has 0 saturated heterocycles. The highest BCUT2D eigenvalue weighted by Crippen LogP contribution is 2.65. The predicted molar refractivity (Wildman–Crippen MR) is 81.7 cm³/mol. The Morgan fingerprint density at radius 2 is 2.00 bits per heavy atom. The Labute approximate surface area is 123 Å². The normalized spacial score (nSPS) is 34.2. The minimum atomic E-state index is -0.207. The maximum absolute atomic E-state index is 10.7. The quantitative estimate of drug-likeness (QED) is 0.423. The first-order valence-corrected chi connectivity index (χ1v) is 8.09. The molecule has 0 unspecified atom stereocenters. The molecular weight excluding hydrogens is 251 g/mol. The molecule has 3 rings (SSSR count). The zero-order valence-electron chi connectivity index (χ0n) is 13.6. The second-order valence-corrected chi connectivity index (χ2v) is 7.39. The van der Waals surface area contributed by atoms with Gasteiger partial charge >= 0.3 is 5.97 Å². The molecule has 0 heterocycles. The van der Waals surface area contributed by atoms with Crippen LogP contribution in [0.2, 0.25) is 12.6 Å². The summed E-state index contributed by atoms with van der Waals surface area (Å²) >= 11 is 0. The molecule has 0 radical (unpaired) electrons. The monoisotopic (exact) mass is 280 g/mol. The summed E-state index contributed by atoms with van der Waals surface area (Å²) in [4.78, 5) is 10.7. The molecule has 0 aromatic heterocycles. The third-order valence-electron chi connectivity index (χ3n) is 5.99. The smallest absolute Gasteiger partial charge is 0.302 e. The summed E-state index contributed by atoms with van der Waals surface area (Å²) in [7, 11) is 0. The summed E-state index contributed by atoms with van der Waals surface area (Å²) in [6.45, 7) is 12.4. The van der Waals surface area contributed by atoms with Crippen LogP contribution in [0.4, 0.5) is 0 Å². The van der Waals surface area contributed by atoms with Crippen molar-refractivity contribution in [2.75, 3.05) is 13.2 Å². The molecule has 3 nitrogen and oxygen atoms in total. The topological polar surface area (TPSA) is 35.5 Å². The van der Waals surface area contributed by atoms with E-state index in [1.807, 2.05) is 0 Å². The lowest BCUT2D eigenvalue weighted by molar-refractivity contribution is -0.141. The molecular formula is C16H29BO3. The van der Waals surface area contributed by atoms with Crippen LogP contribution in [0.25, 0.3) is 0 Å². The summed E-state index contributed by atoms with van der Waals surface area (Å²) in [5.74, 6) is 3.01. The highest BCUT2D eigenvalue weighted by molar-refractivity contribution is 6.52. The van der Waals surface area contributed by atoms with Gasteiger partial charge in [0.2, 0.25) is 0 Å². The molecule has 3 saturated carbocycles. The van der Waals surface area contributed by atoms with E-state index in [0.717, 1.165) is 24.2 Å². The first kappa shape index (κ1) is 15.9. The van der Waals surface area contributed by atoms with Crippen LogP contribution in [0.5, 0.6) is 0 Å². The molecule has 2 bridgehead atoms. The average molecular weight is 280 g/mol. The largest absolute Gasteiger partial charge is 0.466 e. The van der Waals surface area contributed by atoms with Gasteiger partial charge in [0.05, 0.1) is 6.61 Å². The molecule has 0 amide bonds. The Hall–Kier alpha value is -0.505. The Bertz CT molecular complexity index is 356. The third kappa shape index (κ3) is 3.05. The zero-order valence-corrected chi connectivity index (χ0v) is 13.6. The minimum Gasteiger partial charge on any atom is -0.466 e. The average Bonchev–Trinajstić information content (AvgIpc) is 2.37. The van der Waals surface area contributed by atoms with Crippen molar-refractivity contribution >= 4 is 12.9 Å². The number of carbonyl (C=O) groups is 1. The molecule has 114 valence electrons. The Balaban J connectivity index is 1.71. The van der Waals surface area contributed by atoms with E-state index in [4.69, 9.17) is 9.39 Å². The van der Waals surface area contributed by atoms with Gasteiger partial charge in [-0.3, -0.25) is 4.79 Å². The standard InChI is InChI=1S/C16H29BO3/c1-11-14-9-13(16(14,3)4)10-15(11)17(5)20-8-6-7-19-12(2)18/h11,13-15H,6-10H2,1-5H3/t11-,13+,14-,15-/m1/s1. The number of carbonyl (C=O) groups excluding carboxylic acids is 1. The van der Waals surface area contributed by atoms with Crippen LogP contribution >= 0.6 is 0 Å². The predicted octanol–water partition coefficient (Wildman–Crippen LogP) is 3.65. The first-order chi connectivity index (χ1) is 9.34. The number of fused-ring (bicyclic) bond motifs is 2. The molecule has 3 fully saturated rings. The van der Waals surface area contributed by atoms with Gasteiger partial charge in [0.25, 0.3) is 6.92 Å². The van der Waals surface area contributed by atoms with Gasteiger partial charge in [-0.2, -0.15) is 0 Å². The van der Waals surface area contributed by atoms with E-state index in [1.165, 1.54) is 19.8 Å². The van der Waals surface area contributed by atoms with Crippen molar-refractivity contribution in [1.82, 2.24) is 0 Å². The Kier molecular flexibility index (Phi) is 4.83. The fourth-order valence-electron chi connectivity index (χ4n) is 4.48. The van der Waals surface area contributed by atoms with Gasteiger partial charge in [-0.25, -0.2) is 0 Å². The van der Waals surface area contributed by atoms with E-state index in [0.29, 0.717) is 31.4 Å². The van der Waals surface area contributed by atoms with E-state index < -0.39 is 0 Å². The van der Waals surface area contributed by atoms with E-state index in [1.54, 1.807) is 0 Å². The second-order valence-electron chi connectivity index (χ2n) is 7.39. The maximum atomic E-state index is 10.7. The van der Waals surface area contributed by atoms with Gasteiger partial charge in [0.1, 0.15) is 0 Å². The van der Waals surface area contributed by atoms with Gasteiger partial charge in [-0.05, 0) is 35.4 Å². The minimum absolute atomic E-state index is 0.207. The Morgan fingerprint density at radius 3 is 2.55 bits per heavy atom. The maximum Gasteiger partial charge on any atom is 0.302 e. The van der Waals surface area contributed by atoms with Gasteiger partial charge < -0.3 is 9.39 Å². The third-order valence-corrected chi connectivity index (χ3v) is 5.99. The summed E-state index contributed by atoms with van der Waals surface area (Å²) in [5, 5.41) is 0. The Morgan fingerprint density at radius 1 is 1.30 bits per heavy atom. The molecule has 0 aromatic carbocycles. The van der Waals surface area contributed by atoms with Crippen molar-refractivity contribution in [1.29, 1.82) is 0 Å². The highest BCUT2D eigenvalue weighted by Gasteiger charge is 2.57. The SMILES string of the molecule is CB(OCCCOC(C)=O)[C@@H]1C[C@@H]2C[C@H]([C@H]1C)C2(C)C. The summed E-state index contributed by atoms with van der Waals surface area (Å²) in [5.41, 5.74) is 0.547. The van der Waals surface area contributed by atoms with Crippen molar-refractivity contribution in [3.63, 3.8) is 0 Å². The lowest BCUT2D eigenvalue weighted by Crippen LogP contribution is -2.55. The van der Waals surface area contributed by atoms with Crippen molar-refractivity contribution in [3.05, 3.63) is 0 Å². The fourth-order valence-corrected chi connectivity index (χ4v) is 4.48. The molecule has 0 aromatic rings. The van der Waals surface area contributed by atoms with Gasteiger partial charge in [-0.15, -0.1) is 0 Å². The van der Waals surface area contributed by atoms with Crippen LogP contribution in [0.15, 0.2) is 0 Å². The van der Waals surface area contributed by atoms with Crippen LogP contribution in [0.1, 0.15) is 47.0 Å². The van der Waals surface area contributed by atoms with Gasteiger partial charge in [0, 0.05) is 20.0 Å². The molecule has 0 N–H and O–H groups in total. The molecule has 3 aliphatic rings. The van der Waals surface area contributed by atoms with E-state index in [-0.39, 0.29) is 5.97 Å². The molecule has 0 spiro atoms. The number of esters is 1. The first-order valence-electron chi connectivity index (χ1n) is 8.09. The van der Waals surface area contributed by atoms with Crippen molar-refractivity contribution in [2.24, 2.45) is 23.2 Å². The van der Waals surface area contributed by atoms with Gasteiger partial charge in [-0.1, -0.05) is 34.0 Å². The van der Waals surface area contributed by atoms with Crippen LogP contribution in [0, 0.1) is 23.2 Å². The second kappa shape index (κ2) is 6.09. The number of ether oxygens (including phenoxy) is 1. The summed E-state index contributed by atoms with van der Waals surface area (Å²) < 4.78 is 10.9. The van der Waals surface area contributed by atoms with Crippen LogP contribution in [0.3, 0.4) is 0 Å². The van der Waals surface area contributed by atoms with Crippen molar-refractivity contribution in [3.8, 4) is 0 Å². The van der Waals surface area contributed by atoms with E-state index >= 15 is 0 Å². The van der Waals surface area contributed by atoms with Crippen LogP contribution in [-0.2, 0) is 14.2 Å². The molecule has 0 aliphatic heterocycles. The summed E-state index contributed by atoms with van der Waals surface area (Å²) in [6.07, 6.45) is 3.53. The van der Waals surface area contributed by atoms with E-state index in [9.17, 15) is 4.79 Å². The number of hydrogen-bond acceptors (Lipinski definition) is 3. The number of hydrogen-bond donors (Lipinski definition) is 0. The lowest BCUT2D eigenvalue weighted by Gasteiger charge is -2.62. The van der Waals surface area contributed by atoms with Crippen molar-refractivity contribution in [2.45, 2.75) is 59.6 Å². The number of rotatable bonds is 6. The summed E-state index contributed by atoms with van der Waals surface area (Å²) in [6, 6.07) is 0. The highest BCUT2D eigenvalue weighted by atomic mass is 16.5. The molecule has 3 aliphatic carbocycles. The van der Waals surface area contributed by atoms with E-state index in [2.05, 4.69) is 27.6 Å².